The largest absolute Gasteiger partial charge is 0.441 e. The fourth-order valence-corrected chi connectivity index (χ4v) is 3.54. The molecule has 2 aromatic carbocycles. The summed E-state index contributed by atoms with van der Waals surface area (Å²) in [4.78, 5) is 4.67. The highest BCUT2D eigenvalue weighted by Gasteiger charge is 2.15. The van der Waals surface area contributed by atoms with E-state index in [1.807, 2.05) is 42.5 Å². The van der Waals surface area contributed by atoms with Gasteiger partial charge in [-0.05, 0) is 23.8 Å². The summed E-state index contributed by atoms with van der Waals surface area (Å²) in [6.45, 7) is 0. The summed E-state index contributed by atoms with van der Waals surface area (Å²) in [5.74, 6) is 0.749. The molecular formula is C15H11Br2NO. The lowest BCUT2D eigenvalue weighted by molar-refractivity contribution is 0.527. The molecule has 0 aliphatic carbocycles. The Morgan fingerprint density at radius 2 is 1.79 bits per heavy atom. The van der Waals surface area contributed by atoms with Gasteiger partial charge in [-0.25, -0.2) is 4.98 Å². The zero-order valence-electron chi connectivity index (χ0n) is 10.0. The normalized spacial score (nSPS) is 12.7. The summed E-state index contributed by atoms with van der Waals surface area (Å²) >= 11 is 7.26. The van der Waals surface area contributed by atoms with E-state index in [0.717, 1.165) is 27.9 Å². The molecule has 3 aromatic rings. The number of oxazole rings is 1. The van der Waals surface area contributed by atoms with Crippen molar-refractivity contribution in [2.24, 2.45) is 0 Å². The van der Waals surface area contributed by atoms with Crippen molar-refractivity contribution < 1.29 is 4.42 Å². The quantitative estimate of drug-likeness (QED) is 0.578. The van der Waals surface area contributed by atoms with Crippen LogP contribution in [0.3, 0.4) is 0 Å². The maximum Gasteiger partial charge on any atom is 0.196 e. The van der Waals surface area contributed by atoms with Crippen LogP contribution >= 0.6 is 31.9 Å². The van der Waals surface area contributed by atoms with Crippen LogP contribution in [0.5, 0.6) is 0 Å². The third-order valence-electron chi connectivity index (χ3n) is 2.93. The topological polar surface area (TPSA) is 26.0 Å². The van der Waals surface area contributed by atoms with Crippen LogP contribution in [0.2, 0.25) is 0 Å². The molecular weight excluding hydrogens is 370 g/mol. The first-order valence-corrected chi connectivity index (χ1v) is 7.68. The number of para-hydroxylation sites is 2. The third-order valence-corrected chi connectivity index (χ3v) is 4.47. The van der Waals surface area contributed by atoms with Crippen molar-refractivity contribution >= 4 is 43.0 Å². The van der Waals surface area contributed by atoms with Crippen LogP contribution in [-0.4, -0.2) is 4.98 Å². The second-order valence-electron chi connectivity index (χ2n) is 4.27. The fraction of sp³-hybridized carbons (Fsp3) is 0.133. The monoisotopic (exact) mass is 379 g/mol. The summed E-state index contributed by atoms with van der Waals surface area (Å²) in [6.07, 6.45) is 0.720. The molecule has 0 spiro atoms. The zero-order valence-corrected chi connectivity index (χ0v) is 13.2. The van der Waals surface area contributed by atoms with Crippen molar-refractivity contribution in [2.45, 2.75) is 11.2 Å². The van der Waals surface area contributed by atoms with Gasteiger partial charge in [-0.3, -0.25) is 0 Å². The molecule has 0 saturated heterocycles. The molecule has 4 heteroatoms. The number of rotatable bonds is 3. The highest BCUT2D eigenvalue weighted by atomic mass is 79.9. The number of alkyl halides is 1. The van der Waals surface area contributed by atoms with Gasteiger partial charge in [-0.2, -0.15) is 0 Å². The molecule has 2 nitrogen and oxygen atoms in total. The molecule has 96 valence electrons. The van der Waals surface area contributed by atoms with E-state index in [4.69, 9.17) is 4.42 Å². The first kappa shape index (κ1) is 12.9. The molecule has 0 N–H and O–H groups in total. The fourth-order valence-electron chi connectivity index (χ4n) is 2.00. The number of hydrogen-bond donors (Lipinski definition) is 0. The summed E-state index contributed by atoms with van der Waals surface area (Å²) < 4.78 is 6.83. The second kappa shape index (κ2) is 5.47. The van der Waals surface area contributed by atoms with E-state index < -0.39 is 0 Å². The van der Waals surface area contributed by atoms with E-state index in [1.54, 1.807) is 0 Å². The van der Waals surface area contributed by atoms with Gasteiger partial charge < -0.3 is 4.42 Å². The summed E-state index contributed by atoms with van der Waals surface area (Å²) in [7, 11) is 0. The standard InChI is InChI=1S/C15H11Br2NO/c16-11-6-2-1-5-10(11)12(17)9-15-18-13-7-3-4-8-14(13)19-15/h1-8,12H,9H2. The van der Waals surface area contributed by atoms with Crippen LogP contribution < -0.4 is 0 Å². The molecule has 0 aliphatic rings. The van der Waals surface area contributed by atoms with Gasteiger partial charge in [-0.1, -0.05) is 62.2 Å². The van der Waals surface area contributed by atoms with Gasteiger partial charge in [0.1, 0.15) is 5.52 Å². The molecule has 0 bridgehead atoms. The Morgan fingerprint density at radius 1 is 1.05 bits per heavy atom. The van der Waals surface area contributed by atoms with Crippen molar-refractivity contribution in [1.29, 1.82) is 0 Å². The van der Waals surface area contributed by atoms with Crippen LogP contribution in [0.4, 0.5) is 0 Å². The highest BCUT2D eigenvalue weighted by molar-refractivity contribution is 9.11. The number of nitrogens with zero attached hydrogens (tertiary/aromatic N) is 1. The van der Waals surface area contributed by atoms with Crippen molar-refractivity contribution in [3.8, 4) is 0 Å². The van der Waals surface area contributed by atoms with Crippen LogP contribution in [0.25, 0.3) is 11.1 Å². The van der Waals surface area contributed by atoms with Crippen molar-refractivity contribution in [3.63, 3.8) is 0 Å². The molecule has 0 saturated carbocycles. The second-order valence-corrected chi connectivity index (χ2v) is 6.23. The van der Waals surface area contributed by atoms with E-state index in [1.165, 1.54) is 5.56 Å². The van der Waals surface area contributed by atoms with Crippen LogP contribution in [0.1, 0.15) is 16.3 Å². The maximum atomic E-state index is 5.74. The maximum absolute atomic E-state index is 5.74. The van der Waals surface area contributed by atoms with E-state index >= 15 is 0 Å². The molecule has 1 aromatic heterocycles. The van der Waals surface area contributed by atoms with Gasteiger partial charge >= 0.3 is 0 Å². The minimum absolute atomic E-state index is 0.177. The van der Waals surface area contributed by atoms with E-state index in [9.17, 15) is 0 Å². The number of aromatic nitrogens is 1. The lowest BCUT2D eigenvalue weighted by atomic mass is 10.1. The SMILES string of the molecule is Brc1ccccc1C(Br)Cc1nc2ccccc2o1. The van der Waals surface area contributed by atoms with Gasteiger partial charge in [-0.15, -0.1) is 0 Å². The molecule has 0 aliphatic heterocycles. The Hall–Kier alpha value is -1.13. The van der Waals surface area contributed by atoms with Crippen molar-refractivity contribution in [2.75, 3.05) is 0 Å². The van der Waals surface area contributed by atoms with Gasteiger partial charge in [0.05, 0.1) is 0 Å². The van der Waals surface area contributed by atoms with Crippen LogP contribution in [0.15, 0.2) is 57.4 Å². The molecule has 1 unspecified atom stereocenters. The lowest BCUT2D eigenvalue weighted by Gasteiger charge is -2.09. The smallest absolute Gasteiger partial charge is 0.196 e. The highest BCUT2D eigenvalue weighted by Crippen LogP contribution is 2.32. The first-order valence-electron chi connectivity index (χ1n) is 5.97. The Labute approximate surface area is 128 Å². The Kier molecular flexibility index (Phi) is 3.71. The van der Waals surface area contributed by atoms with Gasteiger partial charge in [0.15, 0.2) is 11.5 Å². The first-order chi connectivity index (χ1) is 9.24. The van der Waals surface area contributed by atoms with Crippen molar-refractivity contribution in [3.05, 3.63) is 64.5 Å². The van der Waals surface area contributed by atoms with E-state index in [0.29, 0.717) is 0 Å². The number of hydrogen-bond acceptors (Lipinski definition) is 2. The average Bonchev–Trinajstić information content (AvgIpc) is 2.81. The molecule has 1 atom stereocenters. The van der Waals surface area contributed by atoms with Crippen LogP contribution in [-0.2, 0) is 6.42 Å². The molecule has 1 heterocycles. The Morgan fingerprint density at radius 3 is 2.58 bits per heavy atom. The Bertz CT molecular complexity index is 675. The molecule has 0 radical (unpaired) electrons. The van der Waals surface area contributed by atoms with E-state index in [2.05, 4.69) is 42.9 Å². The number of fused-ring (bicyclic) bond motifs is 1. The Balaban J connectivity index is 1.86. The average molecular weight is 381 g/mol. The van der Waals surface area contributed by atoms with Gasteiger partial charge in [0.2, 0.25) is 0 Å². The summed E-state index contributed by atoms with van der Waals surface area (Å²) in [5.41, 5.74) is 2.94. The lowest BCUT2D eigenvalue weighted by Crippen LogP contribution is -1.96. The number of halogens is 2. The van der Waals surface area contributed by atoms with E-state index in [-0.39, 0.29) is 4.83 Å². The predicted octanol–water partition coefficient (Wildman–Crippen LogP) is 5.27. The molecule has 3 rings (SSSR count). The molecule has 0 amide bonds. The van der Waals surface area contributed by atoms with Crippen molar-refractivity contribution in [1.82, 2.24) is 4.98 Å². The minimum Gasteiger partial charge on any atom is -0.441 e. The minimum atomic E-state index is 0.177. The predicted molar refractivity (Wildman–Crippen MR) is 83.5 cm³/mol. The van der Waals surface area contributed by atoms with Gasteiger partial charge in [0, 0.05) is 15.7 Å². The number of benzene rings is 2. The van der Waals surface area contributed by atoms with Crippen LogP contribution in [0, 0.1) is 0 Å². The zero-order chi connectivity index (χ0) is 13.2. The summed E-state index contributed by atoms with van der Waals surface area (Å²) in [6, 6.07) is 16.0. The summed E-state index contributed by atoms with van der Waals surface area (Å²) in [5, 5.41) is 0. The van der Waals surface area contributed by atoms with Gasteiger partial charge in [0.25, 0.3) is 0 Å². The third kappa shape index (κ3) is 2.74. The molecule has 19 heavy (non-hydrogen) atoms. The molecule has 0 fully saturated rings.